The molecule has 2 rings (SSSR count). The second kappa shape index (κ2) is 2.34. The predicted molar refractivity (Wildman–Crippen MR) is 37.8 cm³/mol. The van der Waals surface area contributed by atoms with Crippen LogP contribution in [-0.4, -0.2) is 23.3 Å². The standard InChI is InChI=1S/C8H10O3/c9-7-5-3-1-2-4-6(5)11-8(7)10/h2,4-7,9H,1,3H2/t5-,6+,7+/m0/s1. The number of hydrogen-bond acceptors (Lipinski definition) is 3. The Labute approximate surface area is 64.7 Å². The maximum Gasteiger partial charge on any atom is 0.336 e. The van der Waals surface area contributed by atoms with Crippen molar-refractivity contribution in [2.45, 2.75) is 25.0 Å². The lowest BCUT2D eigenvalue weighted by molar-refractivity contribution is -0.146. The van der Waals surface area contributed by atoms with Crippen molar-refractivity contribution in [3.8, 4) is 0 Å². The highest BCUT2D eigenvalue weighted by atomic mass is 16.6. The van der Waals surface area contributed by atoms with Crippen LogP contribution in [0.1, 0.15) is 12.8 Å². The van der Waals surface area contributed by atoms with Crippen LogP contribution < -0.4 is 0 Å². The number of carbonyl (C=O) groups excluding carboxylic acids is 1. The first-order valence-electron chi connectivity index (χ1n) is 3.84. The zero-order valence-corrected chi connectivity index (χ0v) is 6.06. The third-order valence-corrected chi connectivity index (χ3v) is 2.31. The summed E-state index contributed by atoms with van der Waals surface area (Å²) in [5, 5.41) is 9.28. The van der Waals surface area contributed by atoms with Gasteiger partial charge in [-0.2, -0.15) is 0 Å². The van der Waals surface area contributed by atoms with Gasteiger partial charge in [0.1, 0.15) is 6.10 Å². The molecule has 3 nitrogen and oxygen atoms in total. The SMILES string of the molecule is O=C1O[C@@H]2C=CCC[C@@H]2[C@H]1O. The molecule has 60 valence electrons. The van der Waals surface area contributed by atoms with E-state index in [0.717, 1.165) is 12.8 Å². The molecule has 0 amide bonds. The predicted octanol–water partition coefficient (Wildman–Crippen LogP) is 0.239. The van der Waals surface area contributed by atoms with Crippen molar-refractivity contribution in [3.05, 3.63) is 12.2 Å². The van der Waals surface area contributed by atoms with Crippen LogP contribution >= 0.6 is 0 Å². The Morgan fingerprint density at radius 2 is 2.45 bits per heavy atom. The fourth-order valence-electron chi connectivity index (χ4n) is 1.67. The van der Waals surface area contributed by atoms with Crippen LogP contribution in [-0.2, 0) is 9.53 Å². The van der Waals surface area contributed by atoms with Crippen molar-refractivity contribution in [1.82, 2.24) is 0 Å². The Hall–Kier alpha value is -0.830. The molecule has 1 heterocycles. The molecule has 0 unspecified atom stereocenters. The van der Waals surface area contributed by atoms with E-state index in [-0.39, 0.29) is 12.0 Å². The van der Waals surface area contributed by atoms with Gasteiger partial charge in [-0.05, 0) is 18.9 Å². The second-order valence-electron chi connectivity index (χ2n) is 3.02. The number of fused-ring (bicyclic) bond motifs is 1. The van der Waals surface area contributed by atoms with Gasteiger partial charge >= 0.3 is 5.97 Å². The Morgan fingerprint density at radius 3 is 3.18 bits per heavy atom. The third-order valence-electron chi connectivity index (χ3n) is 2.31. The molecule has 1 aliphatic heterocycles. The van der Waals surface area contributed by atoms with E-state index in [1.54, 1.807) is 0 Å². The molecule has 0 aromatic rings. The van der Waals surface area contributed by atoms with Gasteiger partial charge in [-0.1, -0.05) is 6.08 Å². The molecule has 1 saturated heterocycles. The Kier molecular flexibility index (Phi) is 1.46. The van der Waals surface area contributed by atoms with E-state index in [0.29, 0.717) is 0 Å². The number of aliphatic hydroxyl groups excluding tert-OH is 1. The van der Waals surface area contributed by atoms with Gasteiger partial charge in [-0.3, -0.25) is 0 Å². The molecule has 0 bridgehead atoms. The highest BCUT2D eigenvalue weighted by Crippen LogP contribution is 2.30. The van der Waals surface area contributed by atoms with Crippen LogP contribution in [0.25, 0.3) is 0 Å². The normalized spacial score (nSPS) is 41.9. The molecule has 0 radical (unpaired) electrons. The fraction of sp³-hybridized carbons (Fsp3) is 0.625. The highest BCUT2D eigenvalue weighted by Gasteiger charge is 2.42. The molecule has 3 heteroatoms. The zero-order chi connectivity index (χ0) is 7.84. The number of rotatable bonds is 0. The molecule has 0 aromatic carbocycles. The summed E-state index contributed by atoms with van der Waals surface area (Å²) in [5.41, 5.74) is 0. The van der Waals surface area contributed by atoms with E-state index < -0.39 is 12.1 Å². The van der Waals surface area contributed by atoms with E-state index in [1.165, 1.54) is 0 Å². The first-order chi connectivity index (χ1) is 5.29. The van der Waals surface area contributed by atoms with Gasteiger partial charge in [-0.25, -0.2) is 4.79 Å². The maximum absolute atomic E-state index is 10.8. The fourth-order valence-corrected chi connectivity index (χ4v) is 1.67. The van der Waals surface area contributed by atoms with Gasteiger partial charge in [-0.15, -0.1) is 0 Å². The summed E-state index contributed by atoms with van der Waals surface area (Å²) in [4.78, 5) is 10.8. The van der Waals surface area contributed by atoms with Crippen molar-refractivity contribution in [2.24, 2.45) is 5.92 Å². The van der Waals surface area contributed by atoms with Crippen LogP contribution in [0.4, 0.5) is 0 Å². The molecule has 1 aliphatic carbocycles. The summed E-state index contributed by atoms with van der Waals surface area (Å²) in [7, 11) is 0. The summed E-state index contributed by atoms with van der Waals surface area (Å²) in [6.45, 7) is 0. The number of allylic oxidation sites excluding steroid dienone is 1. The molecule has 2 aliphatic rings. The molecule has 0 spiro atoms. The first-order valence-corrected chi connectivity index (χ1v) is 3.84. The van der Waals surface area contributed by atoms with E-state index in [2.05, 4.69) is 0 Å². The number of hydrogen-bond donors (Lipinski definition) is 1. The van der Waals surface area contributed by atoms with Crippen LogP contribution in [0.15, 0.2) is 12.2 Å². The molecule has 1 N–H and O–H groups in total. The lowest BCUT2D eigenvalue weighted by Crippen LogP contribution is -2.25. The summed E-state index contributed by atoms with van der Waals surface area (Å²) in [6, 6.07) is 0. The Bertz CT molecular complexity index is 209. The van der Waals surface area contributed by atoms with E-state index in [4.69, 9.17) is 4.74 Å². The van der Waals surface area contributed by atoms with Gasteiger partial charge in [0.15, 0.2) is 6.10 Å². The number of carbonyl (C=O) groups is 1. The molecule has 1 fully saturated rings. The molecular formula is C8H10O3. The van der Waals surface area contributed by atoms with E-state index in [1.807, 2.05) is 12.2 Å². The van der Waals surface area contributed by atoms with Crippen molar-refractivity contribution in [2.75, 3.05) is 0 Å². The smallest absolute Gasteiger partial charge is 0.336 e. The van der Waals surface area contributed by atoms with E-state index >= 15 is 0 Å². The van der Waals surface area contributed by atoms with Crippen molar-refractivity contribution >= 4 is 5.97 Å². The van der Waals surface area contributed by atoms with Crippen LogP contribution in [0.3, 0.4) is 0 Å². The lowest BCUT2D eigenvalue weighted by Gasteiger charge is -2.18. The summed E-state index contributed by atoms with van der Waals surface area (Å²) >= 11 is 0. The minimum Gasteiger partial charge on any atom is -0.456 e. The number of esters is 1. The number of ether oxygens (including phenoxy) is 1. The summed E-state index contributed by atoms with van der Waals surface area (Å²) in [6.07, 6.45) is 4.61. The van der Waals surface area contributed by atoms with E-state index in [9.17, 15) is 9.90 Å². The summed E-state index contributed by atoms with van der Waals surface area (Å²) < 4.78 is 4.90. The Balaban J connectivity index is 2.21. The monoisotopic (exact) mass is 154 g/mol. The molecule has 11 heavy (non-hydrogen) atoms. The Morgan fingerprint density at radius 1 is 1.64 bits per heavy atom. The van der Waals surface area contributed by atoms with Crippen molar-refractivity contribution in [3.63, 3.8) is 0 Å². The quantitative estimate of drug-likeness (QED) is 0.401. The zero-order valence-electron chi connectivity index (χ0n) is 6.06. The van der Waals surface area contributed by atoms with Crippen LogP contribution in [0, 0.1) is 5.92 Å². The van der Waals surface area contributed by atoms with Gasteiger partial charge in [0.25, 0.3) is 0 Å². The molecule has 0 saturated carbocycles. The van der Waals surface area contributed by atoms with Gasteiger partial charge in [0.2, 0.25) is 0 Å². The highest BCUT2D eigenvalue weighted by molar-refractivity contribution is 5.77. The minimum atomic E-state index is -0.884. The van der Waals surface area contributed by atoms with Crippen molar-refractivity contribution in [1.29, 1.82) is 0 Å². The minimum absolute atomic E-state index is 0.00694. The third kappa shape index (κ3) is 0.959. The molecular weight excluding hydrogens is 144 g/mol. The topological polar surface area (TPSA) is 46.5 Å². The van der Waals surface area contributed by atoms with Gasteiger partial charge < -0.3 is 9.84 Å². The lowest BCUT2D eigenvalue weighted by atomic mass is 9.89. The van der Waals surface area contributed by atoms with Gasteiger partial charge in [0.05, 0.1) is 0 Å². The average molecular weight is 154 g/mol. The first kappa shape index (κ1) is 6.85. The molecule has 0 aromatic heterocycles. The van der Waals surface area contributed by atoms with Crippen molar-refractivity contribution < 1.29 is 14.6 Å². The summed E-state index contributed by atoms with van der Waals surface area (Å²) in [5.74, 6) is -0.459. The maximum atomic E-state index is 10.8. The largest absolute Gasteiger partial charge is 0.456 e. The molecule has 3 atom stereocenters. The number of aliphatic hydroxyl groups is 1. The van der Waals surface area contributed by atoms with Crippen LogP contribution in [0.2, 0.25) is 0 Å². The van der Waals surface area contributed by atoms with Gasteiger partial charge in [0, 0.05) is 5.92 Å². The second-order valence-corrected chi connectivity index (χ2v) is 3.02. The average Bonchev–Trinajstić information content (AvgIpc) is 2.30. The van der Waals surface area contributed by atoms with Crippen LogP contribution in [0.5, 0.6) is 0 Å².